The van der Waals surface area contributed by atoms with Crippen molar-refractivity contribution in [3.8, 4) is 0 Å². The standard InChI is InChI=1S/C8H8BrNO.ClH/c9-7-3-1-2-6(4-7)8(10)5-11;/h1-5,8H,10H2;1H. The number of hydrogen-bond acceptors (Lipinski definition) is 2. The number of hydrogen-bond donors (Lipinski definition) is 1. The Bertz CT molecular complexity index is 267. The fraction of sp³-hybridized carbons (Fsp3) is 0.125. The summed E-state index contributed by atoms with van der Waals surface area (Å²) < 4.78 is 0.937. The molecule has 2 nitrogen and oxygen atoms in total. The van der Waals surface area contributed by atoms with Crippen molar-refractivity contribution in [2.45, 2.75) is 6.04 Å². The van der Waals surface area contributed by atoms with Crippen LogP contribution in [-0.2, 0) is 4.79 Å². The second-order valence-corrected chi connectivity index (χ2v) is 3.13. The van der Waals surface area contributed by atoms with E-state index in [0.29, 0.717) is 0 Å². The SMILES string of the molecule is Cl.NC(C=O)c1cccc(Br)c1. The molecule has 1 rings (SSSR count). The molecule has 4 heteroatoms. The summed E-state index contributed by atoms with van der Waals surface area (Å²) in [5.41, 5.74) is 6.30. The molecule has 0 heterocycles. The van der Waals surface area contributed by atoms with E-state index in [0.717, 1.165) is 16.3 Å². The molecule has 0 bridgehead atoms. The zero-order valence-electron chi connectivity index (χ0n) is 6.24. The Hall–Kier alpha value is -0.380. The van der Waals surface area contributed by atoms with Crippen LogP contribution in [0.25, 0.3) is 0 Å². The molecule has 12 heavy (non-hydrogen) atoms. The van der Waals surface area contributed by atoms with Gasteiger partial charge in [-0.3, -0.25) is 0 Å². The van der Waals surface area contributed by atoms with Crippen LogP contribution in [-0.4, -0.2) is 6.29 Å². The average molecular weight is 251 g/mol. The van der Waals surface area contributed by atoms with Crippen molar-refractivity contribution in [1.82, 2.24) is 0 Å². The summed E-state index contributed by atoms with van der Waals surface area (Å²) in [5, 5.41) is 0. The first kappa shape index (κ1) is 11.6. The van der Waals surface area contributed by atoms with Gasteiger partial charge in [-0.2, -0.15) is 0 Å². The number of rotatable bonds is 2. The van der Waals surface area contributed by atoms with E-state index in [9.17, 15) is 4.79 Å². The Balaban J connectivity index is 0.00000121. The van der Waals surface area contributed by atoms with Gasteiger partial charge in [0, 0.05) is 4.47 Å². The maximum atomic E-state index is 10.3. The zero-order chi connectivity index (χ0) is 8.27. The van der Waals surface area contributed by atoms with Gasteiger partial charge in [-0.05, 0) is 17.7 Å². The highest BCUT2D eigenvalue weighted by atomic mass is 79.9. The molecule has 0 aliphatic heterocycles. The molecule has 1 unspecified atom stereocenters. The number of aldehydes is 1. The Morgan fingerprint density at radius 3 is 2.67 bits per heavy atom. The number of carbonyl (C=O) groups is 1. The fourth-order valence-electron chi connectivity index (χ4n) is 0.792. The van der Waals surface area contributed by atoms with Crippen LogP contribution in [0.2, 0.25) is 0 Å². The van der Waals surface area contributed by atoms with E-state index in [1.54, 1.807) is 0 Å². The number of nitrogens with two attached hydrogens (primary N) is 1. The van der Waals surface area contributed by atoms with E-state index in [1.807, 2.05) is 24.3 Å². The monoisotopic (exact) mass is 249 g/mol. The highest BCUT2D eigenvalue weighted by Gasteiger charge is 2.02. The lowest BCUT2D eigenvalue weighted by Gasteiger charge is -2.02. The van der Waals surface area contributed by atoms with E-state index in [1.165, 1.54) is 0 Å². The molecular formula is C8H9BrClNO. The smallest absolute Gasteiger partial charge is 0.141 e. The van der Waals surface area contributed by atoms with Gasteiger partial charge in [0.25, 0.3) is 0 Å². The summed E-state index contributed by atoms with van der Waals surface area (Å²) in [6, 6.07) is 6.89. The largest absolute Gasteiger partial charge is 0.318 e. The van der Waals surface area contributed by atoms with Crippen LogP contribution in [0.5, 0.6) is 0 Å². The van der Waals surface area contributed by atoms with Crippen LogP contribution in [0.1, 0.15) is 11.6 Å². The third-order valence-corrected chi connectivity index (χ3v) is 1.87. The molecule has 1 atom stereocenters. The first-order chi connectivity index (χ1) is 5.24. The normalized spacial score (nSPS) is 11.5. The molecule has 0 saturated heterocycles. The molecule has 1 aromatic carbocycles. The van der Waals surface area contributed by atoms with E-state index < -0.39 is 6.04 Å². The molecule has 66 valence electrons. The number of benzene rings is 1. The maximum Gasteiger partial charge on any atom is 0.141 e. The molecule has 0 aliphatic rings. The van der Waals surface area contributed by atoms with Crippen LogP contribution in [0.3, 0.4) is 0 Å². The van der Waals surface area contributed by atoms with Gasteiger partial charge in [-0.1, -0.05) is 28.1 Å². The third-order valence-electron chi connectivity index (χ3n) is 1.38. The lowest BCUT2D eigenvalue weighted by atomic mass is 10.1. The molecule has 0 saturated carbocycles. The summed E-state index contributed by atoms with van der Waals surface area (Å²) in [6.07, 6.45) is 0.724. The summed E-state index contributed by atoms with van der Waals surface area (Å²) in [4.78, 5) is 10.3. The van der Waals surface area contributed by atoms with Gasteiger partial charge in [0.05, 0.1) is 6.04 Å². The Kier molecular flexibility index (Phi) is 5.13. The van der Waals surface area contributed by atoms with Crippen LogP contribution >= 0.6 is 28.3 Å². The minimum Gasteiger partial charge on any atom is -0.318 e. The van der Waals surface area contributed by atoms with Gasteiger partial charge in [0.1, 0.15) is 6.29 Å². The molecule has 0 amide bonds. The van der Waals surface area contributed by atoms with E-state index in [2.05, 4.69) is 15.9 Å². The zero-order valence-corrected chi connectivity index (χ0v) is 8.64. The van der Waals surface area contributed by atoms with E-state index >= 15 is 0 Å². The summed E-state index contributed by atoms with van der Waals surface area (Å²) in [5.74, 6) is 0. The molecule has 2 N–H and O–H groups in total. The number of carbonyl (C=O) groups excluding carboxylic acids is 1. The highest BCUT2D eigenvalue weighted by molar-refractivity contribution is 9.10. The summed E-state index contributed by atoms with van der Waals surface area (Å²) in [7, 11) is 0. The van der Waals surface area contributed by atoms with Gasteiger partial charge in [0.2, 0.25) is 0 Å². The Morgan fingerprint density at radius 1 is 1.50 bits per heavy atom. The van der Waals surface area contributed by atoms with E-state index in [-0.39, 0.29) is 12.4 Å². The van der Waals surface area contributed by atoms with Gasteiger partial charge >= 0.3 is 0 Å². The first-order valence-electron chi connectivity index (χ1n) is 3.20. The summed E-state index contributed by atoms with van der Waals surface area (Å²) in [6.45, 7) is 0. The molecule has 0 aromatic heterocycles. The molecule has 0 aliphatic carbocycles. The average Bonchev–Trinajstić information content (AvgIpc) is 2.03. The molecular weight excluding hydrogens is 241 g/mol. The lowest BCUT2D eigenvalue weighted by molar-refractivity contribution is -0.109. The Morgan fingerprint density at radius 2 is 2.17 bits per heavy atom. The van der Waals surface area contributed by atoms with Crippen LogP contribution < -0.4 is 5.73 Å². The first-order valence-corrected chi connectivity index (χ1v) is 3.99. The third kappa shape index (κ3) is 2.93. The van der Waals surface area contributed by atoms with E-state index in [4.69, 9.17) is 5.73 Å². The Labute approximate surface area is 85.7 Å². The van der Waals surface area contributed by atoms with Crippen molar-refractivity contribution in [2.75, 3.05) is 0 Å². The second kappa shape index (κ2) is 5.30. The quantitative estimate of drug-likeness (QED) is 0.817. The van der Waals surface area contributed by atoms with Crippen LogP contribution in [0, 0.1) is 0 Å². The second-order valence-electron chi connectivity index (χ2n) is 2.22. The highest BCUT2D eigenvalue weighted by Crippen LogP contribution is 2.14. The molecule has 0 radical (unpaired) electrons. The minimum absolute atomic E-state index is 0. The van der Waals surface area contributed by atoms with Gasteiger partial charge in [-0.25, -0.2) is 0 Å². The van der Waals surface area contributed by atoms with Crippen molar-refractivity contribution >= 4 is 34.6 Å². The van der Waals surface area contributed by atoms with Crippen LogP contribution in [0.15, 0.2) is 28.7 Å². The number of halogens is 2. The minimum atomic E-state index is -0.507. The molecule has 0 spiro atoms. The van der Waals surface area contributed by atoms with Gasteiger partial charge in [0.15, 0.2) is 0 Å². The van der Waals surface area contributed by atoms with Crippen LogP contribution in [0.4, 0.5) is 0 Å². The summed E-state index contributed by atoms with van der Waals surface area (Å²) >= 11 is 3.29. The maximum absolute atomic E-state index is 10.3. The molecule has 1 aromatic rings. The van der Waals surface area contributed by atoms with Crippen molar-refractivity contribution in [1.29, 1.82) is 0 Å². The van der Waals surface area contributed by atoms with Gasteiger partial charge < -0.3 is 10.5 Å². The lowest BCUT2D eigenvalue weighted by Crippen LogP contribution is -2.10. The predicted octanol–water partition coefficient (Wildman–Crippen LogP) is 2.07. The van der Waals surface area contributed by atoms with Gasteiger partial charge in [-0.15, -0.1) is 12.4 Å². The van der Waals surface area contributed by atoms with Crippen molar-refractivity contribution < 1.29 is 4.79 Å². The molecule has 0 fully saturated rings. The van der Waals surface area contributed by atoms with Crippen molar-refractivity contribution in [3.05, 3.63) is 34.3 Å². The predicted molar refractivity (Wildman–Crippen MR) is 54.4 cm³/mol. The van der Waals surface area contributed by atoms with Crippen molar-refractivity contribution in [3.63, 3.8) is 0 Å². The topological polar surface area (TPSA) is 43.1 Å². The van der Waals surface area contributed by atoms with Crippen molar-refractivity contribution in [2.24, 2.45) is 5.73 Å². The fourth-order valence-corrected chi connectivity index (χ4v) is 1.21.